The molecule has 1 aromatic heterocycles. The van der Waals surface area contributed by atoms with Crippen LogP contribution in [-0.2, 0) is 0 Å². The summed E-state index contributed by atoms with van der Waals surface area (Å²) in [6.45, 7) is 1.63. The van der Waals surface area contributed by atoms with Gasteiger partial charge in [0.2, 0.25) is 5.96 Å². The predicted molar refractivity (Wildman–Crippen MR) is 70.5 cm³/mol. The van der Waals surface area contributed by atoms with E-state index in [0.29, 0.717) is 16.9 Å². The molecule has 92 valence electrons. The van der Waals surface area contributed by atoms with E-state index in [2.05, 4.69) is 10.2 Å². The molecule has 2 aromatic rings. The molecular formula is C12H12N4O2. The van der Waals surface area contributed by atoms with Gasteiger partial charge in [-0.25, -0.2) is 4.79 Å². The first-order chi connectivity index (χ1) is 8.58. The second kappa shape index (κ2) is 4.70. The van der Waals surface area contributed by atoms with Crippen LogP contribution in [0, 0.1) is 0 Å². The summed E-state index contributed by atoms with van der Waals surface area (Å²) in [6.07, 6.45) is 0. The van der Waals surface area contributed by atoms with Crippen molar-refractivity contribution in [1.82, 2.24) is 0 Å². The van der Waals surface area contributed by atoms with Crippen LogP contribution in [0.25, 0.3) is 11.0 Å². The first-order valence-corrected chi connectivity index (χ1v) is 5.24. The average Bonchev–Trinajstić information content (AvgIpc) is 2.35. The van der Waals surface area contributed by atoms with Crippen LogP contribution in [0.4, 0.5) is 0 Å². The van der Waals surface area contributed by atoms with E-state index in [4.69, 9.17) is 15.9 Å². The van der Waals surface area contributed by atoms with Gasteiger partial charge in [0.1, 0.15) is 5.58 Å². The number of guanidine groups is 1. The summed E-state index contributed by atoms with van der Waals surface area (Å²) in [5, 5.41) is 8.07. The van der Waals surface area contributed by atoms with Crippen LogP contribution >= 0.6 is 0 Å². The highest BCUT2D eigenvalue weighted by Gasteiger charge is 2.07. The minimum Gasteiger partial charge on any atom is -0.422 e. The van der Waals surface area contributed by atoms with Crippen LogP contribution in [0.3, 0.4) is 0 Å². The average molecular weight is 244 g/mol. The molecule has 0 aliphatic rings. The Labute approximate surface area is 103 Å². The molecule has 0 bridgehead atoms. The van der Waals surface area contributed by atoms with Gasteiger partial charge in [-0.3, -0.25) is 0 Å². The van der Waals surface area contributed by atoms with Gasteiger partial charge in [0.15, 0.2) is 0 Å². The van der Waals surface area contributed by atoms with E-state index in [0.717, 1.165) is 5.39 Å². The zero-order chi connectivity index (χ0) is 13.1. The fourth-order valence-corrected chi connectivity index (χ4v) is 1.50. The van der Waals surface area contributed by atoms with Crippen LogP contribution in [0.5, 0.6) is 0 Å². The number of nitrogens with zero attached hydrogens (tertiary/aromatic N) is 2. The van der Waals surface area contributed by atoms with Gasteiger partial charge in [-0.05, 0) is 19.1 Å². The number of fused-ring (bicyclic) bond motifs is 1. The van der Waals surface area contributed by atoms with E-state index in [1.165, 1.54) is 0 Å². The standard InChI is InChI=1S/C12H12N4O2/c1-7(15-16-12(13)14)9-6-8-4-2-3-5-10(8)18-11(9)17/h2-6H,1H3,(H4,13,14,16)/b15-7+. The third kappa shape index (κ3) is 2.37. The molecule has 6 nitrogen and oxygen atoms in total. The SMILES string of the molecule is C/C(=N\N=C(N)N)c1cc2ccccc2oc1=O. The highest BCUT2D eigenvalue weighted by molar-refractivity contribution is 6.00. The van der Waals surface area contributed by atoms with Crippen molar-refractivity contribution in [3.63, 3.8) is 0 Å². The molecule has 0 radical (unpaired) electrons. The second-order valence-electron chi connectivity index (χ2n) is 3.70. The molecule has 0 spiro atoms. The predicted octanol–water partition coefficient (Wildman–Crippen LogP) is 0.790. The first kappa shape index (κ1) is 11.8. The zero-order valence-corrected chi connectivity index (χ0v) is 9.75. The van der Waals surface area contributed by atoms with Gasteiger partial charge in [-0.1, -0.05) is 18.2 Å². The van der Waals surface area contributed by atoms with Crippen molar-refractivity contribution in [2.24, 2.45) is 21.7 Å². The fourth-order valence-electron chi connectivity index (χ4n) is 1.50. The molecule has 4 N–H and O–H groups in total. The summed E-state index contributed by atoms with van der Waals surface area (Å²) < 4.78 is 5.17. The topological polar surface area (TPSA) is 107 Å². The minimum atomic E-state index is -0.472. The van der Waals surface area contributed by atoms with Gasteiger partial charge < -0.3 is 15.9 Å². The Morgan fingerprint density at radius 3 is 2.67 bits per heavy atom. The van der Waals surface area contributed by atoms with Crippen LogP contribution in [0.1, 0.15) is 12.5 Å². The quantitative estimate of drug-likeness (QED) is 0.352. The number of benzene rings is 1. The number of hydrogen-bond donors (Lipinski definition) is 2. The monoisotopic (exact) mass is 244 g/mol. The highest BCUT2D eigenvalue weighted by atomic mass is 16.4. The molecule has 0 aliphatic heterocycles. The van der Waals surface area contributed by atoms with Crippen molar-refractivity contribution in [2.45, 2.75) is 6.92 Å². The maximum absolute atomic E-state index is 11.8. The lowest BCUT2D eigenvalue weighted by molar-refractivity contribution is 0.559. The van der Waals surface area contributed by atoms with Crippen LogP contribution in [0.15, 0.2) is 49.7 Å². The van der Waals surface area contributed by atoms with E-state index in [9.17, 15) is 4.79 Å². The Balaban J connectivity index is 2.58. The Hall–Kier alpha value is -2.63. The summed E-state index contributed by atoms with van der Waals surface area (Å²) >= 11 is 0. The third-order valence-corrected chi connectivity index (χ3v) is 2.35. The van der Waals surface area contributed by atoms with Gasteiger partial charge in [-0.2, -0.15) is 5.10 Å². The lowest BCUT2D eigenvalue weighted by atomic mass is 10.1. The summed E-state index contributed by atoms with van der Waals surface area (Å²) in [4.78, 5) is 11.8. The third-order valence-electron chi connectivity index (χ3n) is 2.35. The van der Waals surface area contributed by atoms with E-state index in [1.54, 1.807) is 25.1 Å². The first-order valence-electron chi connectivity index (χ1n) is 5.24. The van der Waals surface area contributed by atoms with Gasteiger partial charge in [0.05, 0.1) is 11.3 Å². The van der Waals surface area contributed by atoms with Crippen LogP contribution in [0.2, 0.25) is 0 Å². The van der Waals surface area contributed by atoms with E-state index < -0.39 is 5.63 Å². The van der Waals surface area contributed by atoms with Crippen molar-refractivity contribution < 1.29 is 4.42 Å². The Bertz CT molecular complexity index is 697. The van der Waals surface area contributed by atoms with E-state index in [-0.39, 0.29) is 5.96 Å². The number of para-hydroxylation sites is 1. The minimum absolute atomic E-state index is 0.167. The zero-order valence-electron chi connectivity index (χ0n) is 9.75. The van der Waals surface area contributed by atoms with Gasteiger partial charge in [-0.15, -0.1) is 5.10 Å². The lowest BCUT2D eigenvalue weighted by Crippen LogP contribution is -2.22. The summed E-state index contributed by atoms with van der Waals surface area (Å²) in [5.74, 6) is -0.167. The molecule has 18 heavy (non-hydrogen) atoms. The molecule has 0 saturated carbocycles. The highest BCUT2D eigenvalue weighted by Crippen LogP contribution is 2.12. The number of rotatable bonds is 2. The summed E-state index contributed by atoms with van der Waals surface area (Å²) in [6, 6.07) is 8.92. The molecule has 1 heterocycles. The van der Waals surface area contributed by atoms with Crippen molar-refractivity contribution in [2.75, 3.05) is 0 Å². The van der Waals surface area contributed by atoms with Gasteiger partial charge in [0, 0.05) is 5.39 Å². The molecule has 2 rings (SSSR count). The Morgan fingerprint density at radius 1 is 1.22 bits per heavy atom. The lowest BCUT2D eigenvalue weighted by Gasteiger charge is -2.00. The van der Waals surface area contributed by atoms with Crippen LogP contribution < -0.4 is 17.1 Å². The van der Waals surface area contributed by atoms with Crippen molar-refractivity contribution in [3.8, 4) is 0 Å². The van der Waals surface area contributed by atoms with Crippen LogP contribution in [-0.4, -0.2) is 11.7 Å². The van der Waals surface area contributed by atoms with Gasteiger partial charge in [0.25, 0.3) is 0 Å². The Morgan fingerprint density at radius 2 is 1.94 bits per heavy atom. The largest absolute Gasteiger partial charge is 0.422 e. The molecule has 0 aliphatic carbocycles. The molecule has 0 amide bonds. The second-order valence-corrected chi connectivity index (χ2v) is 3.70. The van der Waals surface area contributed by atoms with Crippen molar-refractivity contribution >= 4 is 22.6 Å². The molecular weight excluding hydrogens is 232 g/mol. The smallest absolute Gasteiger partial charge is 0.345 e. The molecule has 0 atom stereocenters. The van der Waals surface area contributed by atoms with Crippen molar-refractivity contribution in [1.29, 1.82) is 0 Å². The van der Waals surface area contributed by atoms with Crippen molar-refractivity contribution in [3.05, 3.63) is 46.3 Å². The molecule has 0 fully saturated rings. The number of nitrogens with two attached hydrogens (primary N) is 2. The molecule has 1 aromatic carbocycles. The number of hydrogen-bond acceptors (Lipinski definition) is 4. The fraction of sp³-hybridized carbons (Fsp3) is 0.0833. The molecule has 6 heteroatoms. The summed E-state index contributed by atoms with van der Waals surface area (Å²) in [5.41, 5.74) is 11.1. The van der Waals surface area contributed by atoms with E-state index in [1.807, 2.05) is 12.1 Å². The Kier molecular flexibility index (Phi) is 3.09. The maximum atomic E-state index is 11.8. The van der Waals surface area contributed by atoms with Gasteiger partial charge >= 0.3 is 5.63 Å². The molecule has 0 unspecified atom stereocenters. The van der Waals surface area contributed by atoms with E-state index >= 15 is 0 Å². The maximum Gasteiger partial charge on any atom is 0.345 e. The molecule has 0 saturated heterocycles. The summed E-state index contributed by atoms with van der Waals surface area (Å²) in [7, 11) is 0. The normalized spacial score (nSPS) is 11.5.